The van der Waals surface area contributed by atoms with Crippen LogP contribution in [0.25, 0.3) is 0 Å². The quantitative estimate of drug-likeness (QED) is 0.533. The number of halogens is 1. The topological polar surface area (TPSA) is 68.9 Å². The van der Waals surface area contributed by atoms with Crippen LogP contribution in [0, 0.1) is 5.21 Å². The maximum absolute atomic E-state index is 11.7. The minimum absolute atomic E-state index is 0.135. The standard InChI is InChI=1S/C12H10ClN3O2S/c13-9-4-5-10(14-7-9)15-11(17)8-19-12-3-1-2-6-16(12)18/h1-7H,8H2,(H,14,15,17). The van der Waals surface area contributed by atoms with Crippen molar-refractivity contribution in [2.75, 3.05) is 11.1 Å². The Hall–Kier alpha value is -1.79. The molecule has 0 unspecified atom stereocenters. The molecule has 98 valence electrons. The summed E-state index contributed by atoms with van der Waals surface area (Å²) in [7, 11) is 0. The van der Waals surface area contributed by atoms with E-state index in [4.69, 9.17) is 11.6 Å². The number of hydrogen-bond donors (Lipinski definition) is 1. The second-order valence-corrected chi connectivity index (χ2v) is 5.00. The Labute approximate surface area is 119 Å². The van der Waals surface area contributed by atoms with E-state index in [1.54, 1.807) is 30.3 Å². The molecule has 19 heavy (non-hydrogen) atoms. The fourth-order valence-corrected chi connectivity index (χ4v) is 2.12. The van der Waals surface area contributed by atoms with Gasteiger partial charge in [-0.05, 0) is 30.0 Å². The molecule has 5 nitrogen and oxygen atoms in total. The summed E-state index contributed by atoms with van der Waals surface area (Å²) >= 11 is 6.85. The average molecular weight is 296 g/mol. The van der Waals surface area contributed by atoms with Gasteiger partial charge < -0.3 is 10.5 Å². The van der Waals surface area contributed by atoms with Crippen LogP contribution in [-0.2, 0) is 4.79 Å². The molecule has 0 bridgehead atoms. The highest BCUT2D eigenvalue weighted by Gasteiger charge is 2.09. The molecule has 2 heterocycles. The second kappa shape index (κ2) is 6.40. The van der Waals surface area contributed by atoms with E-state index in [1.807, 2.05) is 0 Å². The van der Waals surface area contributed by atoms with Crippen LogP contribution in [0.2, 0.25) is 5.02 Å². The molecule has 0 aliphatic rings. The van der Waals surface area contributed by atoms with Gasteiger partial charge in [0.25, 0.3) is 5.03 Å². The molecule has 2 aromatic rings. The Bertz CT molecular complexity index is 577. The number of aromatic nitrogens is 2. The number of pyridine rings is 2. The molecule has 0 spiro atoms. The summed E-state index contributed by atoms with van der Waals surface area (Å²) in [6.07, 6.45) is 2.84. The molecule has 0 radical (unpaired) electrons. The molecule has 7 heteroatoms. The van der Waals surface area contributed by atoms with Crippen LogP contribution < -0.4 is 10.0 Å². The summed E-state index contributed by atoms with van der Waals surface area (Å²) in [5.74, 6) is 0.332. The highest BCUT2D eigenvalue weighted by Crippen LogP contribution is 2.14. The van der Waals surface area contributed by atoms with Crippen molar-refractivity contribution in [1.82, 2.24) is 4.98 Å². The van der Waals surface area contributed by atoms with Gasteiger partial charge in [0.05, 0.1) is 10.8 Å². The molecule has 0 atom stereocenters. The highest BCUT2D eigenvalue weighted by atomic mass is 35.5. The number of rotatable bonds is 4. The Morgan fingerprint density at radius 1 is 1.42 bits per heavy atom. The van der Waals surface area contributed by atoms with Gasteiger partial charge >= 0.3 is 0 Å². The largest absolute Gasteiger partial charge is 0.618 e. The Morgan fingerprint density at radius 2 is 2.26 bits per heavy atom. The summed E-state index contributed by atoms with van der Waals surface area (Å²) in [4.78, 5) is 15.6. The third kappa shape index (κ3) is 4.11. The van der Waals surface area contributed by atoms with E-state index in [2.05, 4.69) is 10.3 Å². The van der Waals surface area contributed by atoms with Gasteiger partial charge in [0.15, 0.2) is 6.20 Å². The fraction of sp³-hybridized carbons (Fsp3) is 0.0833. The van der Waals surface area contributed by atoms with Crippen molar-refractivity contribution in [2.24, 2.45) is 0 Å². The summed E-state index contributed by atoms with van der Waals surface area (Å²) < 4.78 is 0.721. The first-order valence-corrected chi connectivity index (χ1v) is 6.74. The van der Waals surface area contributed by atoms with Crippen molar-refractivity contribution < 1.29 is 9.52 Å². The zero-order chi connectivity index (χ0) is 13.7. The second-order valence-electron chi connectivity index (χ2n) is 3.56. The molecule has 2 aromatic heterocycles. The molecule has 1 amide bonds. The molecule has 0 aliphatic heterocycles. The lowest BCUT2D eigenvalue weighted by Gasteiger charge is -2.04. The van der Waals surface area contributed by atoms with Gasteiger partial charge in [-0.25, -0.2) is 4.98 Å². The van der Waals surface area contributed by atoms with Crippen LogP contribution in [0.4, 0.5) is 5.82 Å². The molecule has 0 saturated carbocycles. The monoisotopic (exact) mass is 295 g/mol. The van der Waals surface area contributed by atoms with Crippen molar-refractivity contribution >= 4 is 35.1 Å². The van der Waals surface area contributed by atoms with Crippen molar-refractivity contribution in [2.45, 2.75) is 5.03 Å². The van der Waals surface area contributed by atoms with E-state index < -0.39 is 0 Å². The van der Waals surface area contributed by atoms with E-state index >= 15 is 0 Å². The van der Waals surface area contributed by atoms with Crippen LogP contribution in [0.1, 0.15) is 0 Å². The van der Waals surface area contributed by atoms with Crippen molar-refractivity contribution in [1.29, 1.82) is 0 Å². The summed E-state index contributed by atoms with van der Waals surface area (Å²) in [6, 6.07) is 8.29. The molecular weight excluding hydrogens is 286 g/mol. The van der Waals surface area contributed by atoms with Gasteiger partial charge in [-0.1, -0.05) is 11.6 Å². The first kappa shape index (κ1) is 13.6. The highest BCUT2D eigenvalue weighted by molar-refractivity contribution is 7.99. The number of amides is 1. The minimum atomic E-state index is -0.233. The van der Waals surface area contributed by atoms with Crippen LogP contribution >= 0.6 is 23.4 Å². The smallest absolute Gasteiger partial charge is 0.251 e. The van der Waals surface area contributed by atoms with Crippen molar-refractivity contribution in [3.05, 3.63) is 53.0 Å². The number of carbonyl (C=O) groups is 1. The lowest BCUT2D eigenvalue weighted by atomic mass is 10.4. The van der Waals surface area contributed by atoms with E-state index in [-0.39, 0.29) is 11.7 Å². The Balaban J connectivity index is 1.88. The molecule has 1 N–H and O–H groups in total. The Kier molecular flexibility index (Phi) is 4.59. The zero-order valence-electron chi connectivity index (χ0n) is 9.75. The predicted octanol–water partition coefficient (Wildman–Crippen LogP) is 2.10. The number of thioether (sulfide) groups is 1. The van der Waals surface area contributed by atoms with Crippen LogP contribution in [0.3, 0.4) is 0 Å². The van der Waals surface area contributed by atoms with Crippen LogP contribution in [-0.4, -0.2) is 16.6 Å². The molecule has 0 aromatic carbocycles. The third-order valence-corrected chi connectivity index (χ3v) is 3.38. The van der Waals surface area contributed by atoms with E-state index in [1.165, 1.54) is 12.4 Å². The summed E-state index contributed by atoms with van der Waals surface area (Å²) in [6.45, 7) is 0. The van der Waals surface area contributed by atoms with Gasteiger partial charge in [0.1, 0.15) is 5.82 Å². The first-order chi connectivity index (χ1) is 9.15. The van der Waals surface area contributed by atoms with Gasteiger partial charge in [0, 0.05) is 18.3 Å². The van der Waals surface area contributed by atoms with Crippen molar-refractivity contribution in [3.8, 4) is 0 Å². The lowest BCUT2D eigenvalue weighted by Crippen LogP contribution is -2.28. The average Bonchev–Trinajstić information content (AvgIpc) is 2.40. The van der Waals surface area contributed by atoms with Gasteiger partial charge in [-0.2, -0.15) is 4.73 Å². The van der Waals surface area contributed by atoms with E-state index in [0.29, 0.717) is 15.9 Å². The lowest BCUT2D eigenvalue weighted by molar-refractivity contribution is -0.645. The minimum Gasteiger partial charge on any atom is -0.618 e. The predicted molar refractivity (Wildman–Crippen MR) is 74.0 cm³/mol. The number of carbonyl (C=O) groups excluding carboxylic acids is 1. The molecule has 0 saturated heterocycles. The van der Waals surface area contributed by atoms with Gasteiger partial charge in [-0.15, -0.1) is 0 Å². The molecule has 0 aliphatic carbocycles. The number of nitrogens with one attached hydrogen (secondary N) is 1. The number of hydrogen-bond acceptors (Lipinski definition) is 4. The summed E-state index contributed by atoms with van der Waals surface area (Å²) in [5.41, 5.74) is 0. The molecular formula is C12H10ClN3O2S. The third-order valence-electron chi connectivity index (χ3n) is 2.13. The Morgan fingerprint density at radius 3 is 2.95 bits per heavy atom. The fourth-order valence-electron chi connectivity index (χ4n) is 1.29. The van der Waals surface area contributed by atoms with Crippen LogP contribution in [0.15, 0.2) is 47.8 Å². The first-order valence-electron chi connectivity index (χ1n) is 5.37. The van der Waals surface area contributed by atoms with E-state index in [0.717, 1.165) is 16.5 Å². The molecule has 2 rings (SSSR count). The number of nitrogens with zero attached hydrogens (tertiary/aromatic N) is 2. The molecule has 0 fully saturated rings. The zero-order valence-corrected chi connectivity index (χ0v) is 11.3. The van der Waals surface area contributed by atoms with Crippen LogP contribution in [0.5, 0.6) is 0 Å². The van der Waals surface area contributed by atoms with Gasteiger partial charge in [-0.3, -0.25) is 4.79 Å². The maximum Gasteiger partial charge on any atom is 0.251 e. The van der Waals surface area contributed by atoms with Gasteiger partial charge in [0.2, 0.25) is 5.91 Å². The SMILES string of the molecule is O=C(CSc1cccc[n+]1[O-])Nc1ccc(Cl)cn1. The summed E-state index contributed by atoms with van der Waals surface area (Å²) in [5, 5.41) is 15.0. The maximum atomic E-state index is 11.7. The number of anilines is 1. The van der Waals surface area contributed by atoms with E-state index in [9.17, 15) is 10.0 Å². The normalized spacial score (nSPS) is 10.2. The van der Waals surface area contributed by atoms with Crippen molar-refractivity contribution in [3.63, 3.8) is 0 Å².